The number of nitrogens with two attached hydrogens (primary N) is 1. The molecule has 2 N–H and O–H groups in total. The van der Waals surface area contributed by atoms with Gasteiger partial charge in [0, 0.05) is 11.8 Å². The molecular weight excluding hydrogens is 274 g/mol. The van der Waals surface area contributed by atoms with Crippen LogP contribution in [0.1, 0.15) is 37.0 Å². The number of hydrogen-bond donors (Lipinski definition) is 1. The van der Waals surface area contributed by atoms with Gasteiger partial charge >= 0.3 is 11.9 Å². The van der Waals surface area contributed by atoms with Gasteiger partial charge in [-0.2, -0.15) is 0 Å². The van der Waals surface area contributed by atoms with Crippen LogP contribution in [0.5, 0.6) is 5.75 Å². The molecule has 6 heteroatoms. The molecule has 116 valence electrons. The molecule has 0 aliphatic rings. The molecule has 6 nitrogen and oxygen atoms in total. The van der Waals surface area contributed by atoms with Crippen molar-refractivity contribution in [3.05, 3.63) is 23.8 Å². The van der Waals surface area contributed by atoms with Crippen molar-refractivity contribution in [3.8, 4) is 5.75 Å². The average molecular weight is 295 g/mol. The maximum Gasteiger partial charge on any atom is 0.344 e. The summed E-state index contributed by atoms with van der Waals surface area (Å²) >= 11 is 0. The van der Waals surface area contributed by atoms with Gasteiger partial charge in [-0.1, -0.05) is 13.3 Å². The van der Waals surface area contributed by atoms with Gasteiger partial charge in [-0.15, -0.1) is 0 Å². The lowest BCUT2D eigenvalue weighted by molar-refractivity contribution is -0.147. The van der Waals surface area contributed by atoms with Crippen LogP contribution in [0.25, 0.3) is 0 Å². The highest BCUT2D eigenvalue weighted by molar-refractivity contribution is 5.92. The Kier molecular flexibility index (Phi) is 7.08. The molecule has 0 bridgehead atoms. The number of benzene rings is 1. The second-order valence-corrected chi connectivity index (χ2v) is 4.37. The molecule has 1 aromatic carbocycles. The lowest BCUT2D eigenvalue weighted by Gasteiger charge is -2.08. The molecule has 0 aromatic heterocycles. The standard InChI is InChI=1S/C15H21NO5/c1-3-5-6-20-14(17)10-21-15(18)11-7-12(16)9-13(8-11)19-4-2/h7-9H,3-6,10,16H2,1-2H3. The highest BCUT2D eigenvalue weighted by atomic mass is 16.6. The highest BCUT2D eigenvalue weighted by Gasteiger charge is 2.13. The van der Waals surface area contributed by atoms with E-state index < -0.39 is 18.5 Å². The molecule has 0 aliphatic heterocycles. The van der Waals surface area contributed by atoms with Gasteiger partial charge in [0.1, 0.15) is 5.75 Å². The van der Waals surface area contributed by atoms with Gasteiger partial charge in [-0.3, -0.25) is 0 Å². The Bertz CT molecular complexity index is 487. The number of hydrogen-bond acceptors (Lipinski definition) is 6. The molecule has 0 fully saturated rings. The smallest absolute Gasteiger partial charge is 0.344 e. The number of carbonyl (C=O) groups excluding carboxylic acids is 2. The van der Waals surface area contributed by atoms with Crippen LogP contribution in [-0.4, -0.2) is 31.8 Å². The summed E-state index contributed by atoms with van der Waals surface area (Å²) in [5.41, 5.74) is 6.31. The fourth-order valence-corrected chi connectivity index (χ4v) is 1.57. The Morgan fingerprint density at radius 2 is 1.90 bits per heavy atom. The van der Waals surface area contributed by atoms with Crippen LogP contribution in [-0.2, 0) is 14.3 Å². The molecule has 1 rings (SSSR count). The Hall–Kier alpha value is -2.24. The Labute approximate surface area is 124 Å². The fraction of sp³-hybridized carbons (Fsp3) is 0.467. The van der Waals surface area contributed by atoms with E-state index >= 15 is 0 Å². The number of unbranched alkanes of at least 4 members (excludes halogenated alkanes) is 1. The van der Waals surface area contributed by atoms with E-state index in [9.17, 15) is 9.59 Å². The summed E-state index contributed by atoms with van der Waals surface area (Å²) in [6, 6.07) is 4.59. The monoisotopic (exact) mass is 295 g/mol. The van der Waals surface area contributed by atoms with Crippen molar-refractivity contribution in [1.82, 2.24) is 0 Å². The van der Waals surface area contributed by atoms with E-state index in [1.165, 1.54) is 12.1 Å². The van der Waals surface area contributed by atoms with Gasteiger partial charge in [0.2, 0.25) is 0 Å². The normalized spacial score (nSPS) is 10.0. The molecule has 0 saturated carbocycles. The third kappa shape index (κ3) is 6.16. The lowest BCUT2D eigenvalue weighted by atomic mass is 10.2. The van der Waals surface area contributed by atoms with Crippen molar-refractivity contribution < 1.29 is 23.8 Å². The molecule has 0 radical (unpaired) electrons. The van der Waals surface area contributed by atoms with Gasteiger partial charge in [0.15, 0.2) is 6.61 Å². The second kappa shape index (κ2) is 8.84. The quantitative estimate of drug-likeness (QED) is 0.449. The summed E-state index contributed by atoms with van der Waals surface area (Å²) in [5.74, 6) is -0.726. The number of anilines is 1. The SMILES string of the molecule is CCCCOC(=O)COC(=O)c1cc(N)cc(OCC)c1. The predicted octanol–water partition coefficient (Wildman–Crippen LogP) is 2.17. The summed E-state index contributed by atoms with van der Waals surface area (Å²) in [7, 11) is 0. The molecule has 0 amide bonds. The number of rotatable bonds is 8. The molecule has 0 heterocycles. The van der Waals surface area contributed by atoms with E-state index in [0.29, 0.717) is 24.7 Å². The van der Waals surface area contributed by atoms with Crippen molar-refractivity contribution in [3.63, 3.8) is 0 Å². The Morgan fingerprint density at radius 1 is 1.14 bits per heavy atom. The van der Waals surface area contributed by atoms with Crippen LogP contribution in [0.2, 0.25) is 0 Å². The van der Waals surface area contributed by atoms with Gasteiger partial charge in [-0.05, 0) is 25.5 Å². The zero-order chi connectivity index (χ0) is 15.7. The zero-order valence-electron chi connectivity index (χ0n) is 12.4. The first-order valence-corrected chi connectivity index (χ1v) is 6.93. The summed E-state index contributed by atoms with van der Waals surface area (Å²) in [6.07, 6.45) is 1.71. The third-order valence-electron chi connectivity index (χ3n) is 2.56. The largest absolute Gasteiger partial charge is 0.494 e. The topological polar surface area (TPSA) is 87.9 Å². The van der Waals surface area contributed by atoms with Crippen LogP contribution in [0.3, 0.4) is 0 Å². The summed E-state index contributed by atoms with van der Waals surface area (Å²) in [6.45, 7) is 4.19. The first-order valence-electron chi connectivity index (χ1n) is 6.93. The maximum atomic E-state index is 11.8. The van der Waals surface area contributed by atoms with Crippen LogP contribution in [0.15, 0.2) is 18.2 Å². The predicted molar refractivity (Wildman–Crippen MR) is 78.2 cm³/mol. The van der Waals surface area contributed by atoms with Crippen molar-refractivity contribution in [1.29, 1.82) is 0 Å². The lowest BCUT2D eigenvalue weighted by Crippen LogP contribution is -2.17. The first kappa shape index (κ1) is 16.8. The van der Waals surface area contributed by atoms with Crippen molar-refractivity contribution in [2.75, 3.05) is 25.6 Å². The van der Waals surface area contributed by atoms with Gasteiger partial charge in [-0.25, -0.2) is 9.59 Å². The van der Waals surface area contributed by atoms with Crippen LogP contribution in [0, 0.1) is 0 Å². The van der Waals surface area contributed by atoms with Crippen molar-refractivity contribution in [2.24, 2.45) is 0 Å². The average Bonchev–Trinajstić information content (AvgIpc) is 2.44. The number of carbonyl (C=O) groups is 2. The molecule has 0 saturated heterocycles. The minimum absolute atomic E-state index is 0.236. The van der Waals surface area contributed by atoms with E-state index in [1.807, 2.05) is 13.8 Å². The molecule has 0 aliphatic carbocycles. The maximum absolute atomic E-state index is 11.8. The van der Waals surface area contributed by atoms with Gasteiger partial charge in [0.05, 0.1) is 18.8 Å². The number of nitrogen functional groups attached to an aromatic ring is 1. The van der Waals surface area contributed by atoms with Crippen LogP contribution in [0.4, 0.5) is 5.69 Å². The minimum Gasteiger partial charge on any atom is -0.494 e. The summed E-state index contributed by atoms with van der Waals surface area (Å²) < 4.78 is 15.1. The third-order valence-corrected chi connectivity index (χ3v) is 2.56. The van der Waals surface area contributed by atoms with E-state index in [4.69, 9.17) is 19.9 Å². The Morgan fingerprint density at radius 3 is 2.57 bits per heavy atom. The second-order valence-electron chi connectivity index (χ2n) is 4.37. The minimum atomic E-state index is -0.643. The summed E-state index contributed by atoms with van der Waals surface area (Å²) in [4.78, 5) is 23.2. The molecule has 0 unspecified atom stereocenters. The number of esters is 2. The van der Waals surface area contributed by atoms with Crippen LogP contribution >= 0.6 is 0 Å². The van der Waals surface area contributed by atoms with Crippen molar-refractivity contribution >= 4 is 17.6 Å². The fourth-order valence-electron chi connectivity index (χ4n) is 1.57. The van der Waals surface area contributed by atoms with Crippen LogP contribution < -0.4 is 10.5 Å². The Balaban J connectivity index is 2.53. The summed E-state index contributed by atoms with van der Waals surface area (Å²) in [5, 5.41) is 0. The molecule has 0 spiro atoms. The van der Waals surface area contributed by atoms with E-state index in [1.54, 1.807) is 6.07 Å². The highest BCUT2D eigenvalue weighted by Crippen LogP contribution is 2.19. The molecule has 21 heavy (non-hydrogen) atoms. The molecule has 0 atom stereocenters. The van der Waals surface area contributed by atoms with Crippen molar-refractivity contribution in [2.45, 2.75) is 26.7 Å². The van der Waals surface area contributed by atoms with Gasteiger partial charge in [0.25, 0.3) is 0 Å². The molecule has 1 aromatic rings. The van der Waals surface area contributed by atoms with Gasteiger partial charge < -0.3 is 19.9 Å². The van der Waals surface area contributed by atoms with E-state index in [0.717, 1.165) is 12.8 Å². The zero-order valence-corrected chi connectivity index (χ0v) is 12.4. The van der Waals surface area contributed by atoms with E-state index in [2.05, 4.69) is 0 Å². The first-order chi connectivity index (χ1) is 10.1. The van der Waals surface area contributed by atoms with E-state index in [-0.39, 0.29) is 5.56 Å². The molecular formula is C15H21NO5. The number of ether oxygens (including phenoxy) is 3.